The number of nitriles is 1. The molecule has 6 heteroatoms. The van der Waals surface area contributed by atoms with Gasteiger partial charge in [-0.15, -0.1) is 11.8 Å². The molecule has 0 spiro atoms. The highest BCUT2D eigenvalue weighted by Crippen LogP contribution is 2.36. The van der Waals surface area contributed by atoms with Gasteiger partial charge in [-0.05, 0) is 36.8 Å². The maximum absolute atomic E-state index is 12.2. The maximum Gasteiger partial charge on any atom is 0.225 e. The van der Waals surface area contributed by atoms with Crippen LogP contribution in [0, 0.1) is 18.3 Å². The molecule has 0 aliphatic carbocycles. The molecule has 4 nitrogen and oxygen atoms in total. The number of rotatable bonds is 6. The molecule has 1 N–H and O–H groups in total. The van der Waals surface area contributed by atoms with E-state index in [-0.39, 0.29) is 18.2 Å². The molecule has 1 atom stereocenters. The lowest BCUT2D eigenvalue weighted by Crippen LogP contribution is -2.31. The van der Waals surface area contributed by atoms with Gasteiger partial charge in [0.25, 0.3) is 0 Å². The number of benzene rings is 2. The third-order valence-corrected chi connectivity index (χ3v) is 5.70. The van der Waals surface area contributed by atoms with Crippen LogP contribution in [0.3, 0.4) is 0 Å². The predicted molar refractivity (Wildman–Crippen MR) is 111 cm³/mol. The predicted octanol–water partition coefficient (Wildman–Crippen LogP) is 4.91. The van der Waals surface area contributed by atoms with Crippen molar-refractivity contribution in [2.75, 3.05) is 12.4 Å². The number of nitrogens with zero attached hydrogens (tertiary/aromatic N) is 1. The Balaban J connectivity index is 1.69. The molecular formula is C21H19BrN2O2S. The fourth-order valence-electron chi connectivity index (χ4n) is 2.88. The van der Waals surface area contributed by atoms with Gasteiger partial charge in [-0.3, -0.25) is 4.79 Å². The Morgan fingerprint density at radius 2 is 2.07 bits per heavy atom. The summed E-state index contributed by atoms with van der Waals surface area (Å²) in [4.78, 5) is 12.2. The van der Waals surface area contributed by atoms with E-state index in [0.29, 0.717) is 23.0 Å². The third kappa shape index (κ3) is 5.15. The summed E-state index contributed by atoms with van der Waals surface area (Å²) in [5.74, 6) is 1.16. The Morgan fingerprint density at radius 1 is 1.30 bits per heavy atom. The minimum Gasteiger partial charge on any atom is -0.493 e. The summed E-state index contributed by atoms with van der Waals surface area (Å²) in [6.07, 6.45) is 0.281. The largest absolute Gasteiger partial charge is 0.493 e. The number of hydrogen-bond donors (Lipinski definition) is 1. The van der Waals surface area contributed by atoms with Crippen molar-refractivity contribution in [1.29, 1.82) is 5.26 Å². The summed E-state index contributed by atoms with van der Waals surface area (Å²) in [7, 11) is 0. The summed E-state index contributed by atoms with van der Waals surface area (Å²) < 4.78 is 6.66. The molecule has 0 saturated carbocycles. The molecular weight excluding hydrogens is 424 g/mol. The molecule has 138 valence electrons. The molecule has 3 rings (SSSR count). The van der Waals surface area contributed by atoms with E-state index in [4.69, 9.17) is 4.74 Å². The second-order valence-corrected chi connectivity index (χ2v) is 8.25. The van der Waals surface area contributed by atoms with Crippen LogP contribution in [0.1, 0.15) is 23.5 Å². The van der Waals surface area contributed by atoms with Gasteiger partial charge in [0.05, 0.1) is 23.3 Å². The summed E-state index contributed by atoms with van der Waals surface area (Å²) in [6, 6.07) is 17.9. The number of ether oxygens (including phenoxy) is 1. The lowest BCUT2D eigenvalue weighted by Gasteiger charge is -2.25. The summed E-state index contributed by atoms with van der Waals surface area (Å²) in [5.41, 5.74) is 2.75. The van der Waals surface area contributed by atoms with Crippen molar-refractivity contribution >= 4 is 33.6 Å². The topological polar surface area (TPSA) is 62.1 Å². The average Bonchev–Trinajstić information content (AvgIpc) is 2.66. The van der Waals surface area contributed by atoms with Gasteiger partial charge in [0.1, 0.15) is 5.75 Å². The molecule has 0 fully saturated rings. The number of carbonyl (C=O) groups is 1. The first-order valence-electron chi connectivity index (χ1n) is 8.58. The van der Waals surface area contributed by atoms with E-state index in [0.717, 1.165) is 15.8 Å². The van der Waals surface area contributed by atoms with Crippen LogP contribution in [0.5, 0.6) is 5.75 Å². The average molecular weight is 443 g/mol. The quantitative estimate of drug-likeness (QED) is 0.645. The van der Waals surface area contributed by atoms with Crippen molar-refractivity contribution in [1.82, 2.24) is 5.32 Å². The molecule has 2 aromatic carbocycles. The minimum absolute atomic E-state index is 0.0686. The smallest absolute Gasteiger partial charge is 0.225 e. The fraction of sp³-hybridized carbons (Fsp3) is 0.238. The first-order valence-corrected chi connectivity index (χ1v) is 10.4. The zero-order valence-electron chi connectivity index (χ0n) is 14.9. The molecule has 1 amide bonds. The molecule has 0 radical (unpaired) electrons. The van der Waals surface area contributed by atoms with Crippen LogP contribution in [0.15, 0.2) is 63.6 Å². The highest BCUT2D eigenvalue weighted by molar-refractivity contribution is 9.10. The molecule has 1 aliphatic rings. The van der Waals surface area contributed by atoms with Crippen LogP contribution in [-0.2, 0) is 4.79 Å². The first-order chi connectivity index (χ1) is 13.1. The molecule has 0 bridgehead atoms. The SMILES string of the molecule is Cc1ccc(OCCSC2=C(C#N)[C@@H](c3cccc(Br)c3)CC(=O)N2)cc1. The zero-order chi connectivity index (χ0) is 19.2. The first kappa shape index (κ1) is 19.5. The maximum atomic E-state index is 12.2. The van der Waals surface area contributed by atoms with Gasteiger partial charge < -0.3 is 10.1 Å². The van der Waals surface area contributed by atoms with Crippen LogP contribution in [-0.4, -0.2) is 18.3 Å². The molecule has 1 aliphatic heterocycles. The van der Waals surface area contributed by atoms with Crippen molar-refractivity contribution in [2.24, 2.45) is 0 Å². The molecule has 0 aromatic heterocycles. The molecule has 0 saturated heterocycles. The van der Waals surface area contributed by atoms with Gasteiger partial charge in [0, 0.05) is 22.6 Å². The van der Waals surface area contributed by atoms with E-state index in [1.54, 1.807) is 0 Å². The normalized spacial score (nSPS) is 16.6. The van der Waals surface area contributed by atoms with E-state index in [9.17, 15) is 10.1 Å². The minimum atomic E-state index is -0.221. The van der Waals surface area contributed by atoms with Gasteiger partial charge in [0.15, 0.2) is 0 Å². The number of halogens is 1. The van der Waals surface area contributed by atoms with E-state index < -0.39 is 0 Å². The monoisotopic (exact) mass is 442 g/mol. The number of thioether (sulfide) groups is 1. The Bertz CT molecular complexity index is 903. The summed E-state index contributed by atoms with van der Waals surface area (Å²) >= 11 is 4.90. The highest BCUT2D eigenvalue weighted by Gasteiger charge is 2.29. The second-order valence-electron chi connectivity index (χ2n) is 6.22. The molecule has 27 heavy (non-hydrogen) atoms. The van der Waals surface area contributed by atoms with Crippen molar-refractivity contribution in [3.8, 4) is 11.8 Å². The van der Waals surface area contributed by atoms with Crippen LogP contribution < -0.4 is 10.1 Å². The second kappa shape index (κ2) is 9.12. The number of hydrogen-bond acceptors (Lipinski definition) is 4. The van der Waals surface area contributed by atoms with E-state index >= 15 is 0 Å². The fourth-order valence-corrected chi connectivity index (χ4v) is 4.20. The Kier molecular flexibility index (Phi) is 6.59. The number of amides is 1. The Morgan fingerprint density at radius 3 is 2.78 bits per heavy atom. The molecule has 1 heterocycles. The highest BCUT2D eigenvalue weighted by atomic mass is 79.9. The van der Waals surface area contributed by atoms with Gasteiger partial charge in [0.2, 0.25) is 5.91 Å². The Hall–Kier alpha value is -2.23. The third-order valence-electron chi connectivity index (χ3n) is 4.23. The lowest BCUT2D eigenvalue weighted by molar-refractivity contribution is -0.120. The van der Waals surface area contributed by atoms with Crippen LogP contribution in [0.4, 0.5) is 0 Å². The van der Waals surface area contributed by atoms with Crippen molar-refractivity contribution in [2.45, 2.75) is 19.3 Å². The number of aryl methyl sites for hydroxylation is 1. The van der Waals surface area contributed by atoms with Crippen LogP contribution >= 0.6 is 27.7 Å². The number of allylic oxidation sites excluding steroid dienone is 1. The van der Waals surface area contributed by atoms with Gasteiger partial charge in [-0.1, -0.05) is 45.8 Å². The van der Waals surface area contributed by atoms with Gasteiger partial charge in [-0.25, -0.2) is 0 Å². The number of carbonyl (C=O) groups excluding carboxylic acids is 1. The summed E-state index contributed by atoms with van der Waals surface area (Å²) in [5, 5.41) is 13.2. The van der Waals surface area contributed by atoms with Crippen molar-refractivity contribution in [3.63, 3.8) is 0 Å². The van der Waals surface area contributed by atoms with Crippen molar-refractivity contribution < 1.29 is 9.53 Å². The van der Waals surface area contributed by atoms with E-state index in [1.165, 1.54) is 17.3 Å². The van der Waals surface area contributed by atoms with E-state index in [2.05, 4.69) is 27.3 Å². The summed E-state index contributed by atoms with van der Waals surface area (Å²) in [6.45, 7) is 2.52. The van der Waals surface area contributed by atoms with E-state index in [1.807, 2.05) is 55.5 Å². The van der Waals surface area contributed by atoms with Crippen molar-refractivity contribution in [3.05, 3.63) is 74.7 Å². The Labute approximate surface area is 171 Å². The molecule has 2 aromatic rings. The van der Waals surface area contributed by atoms with Crippen LogP contribution in [0.2, 0.25) is 0 Å². The van der Waals surface area contributed by atoms with Gasteiger partial charge in [-0.2, -0.15) is 5.26 Å². The standard InChI is InChI=1S/C21H19BrN2O2S/c1-14-5-7-17(8-6-14)26-9-10-27-21-19(13-23)18(12-20(25)24-21)15-3-2-4-16(22)11-15/h2-8,11,18H,9-10,12H2,1H3,(H,24,25)/t18-/m1/s1. The van der Waals surface area contributed by atoms with Crippen LogP contribution in [0.25, 0.3) is 0 Å². The van der Waals surface area contributed by atoms with Gasteiger partial charge >= 0.3 is 0 Å². The molecule has 0 unspecified atom stereocenters. The lowest BCUT2D eigenvalue weighted by atomic mass is 9.87. The number of nitrogens with one attached hydrogen (secondary N) is 1. The zero-order valence-corrected chi connectivity index (χ0v) is 17.3.